The smallest absolute Gasteiger partial charge is 0.343 e. The molecule has 1 aromatic heterocycles. The molecule has 2 amide bonds. The zero-order valence-electron chi connectivity index (χ0n) is 18.8. The van der Waals surface area contributed by atoms with E-state index in [0.29, 0.717) is 13.1 Å². The van der Waals surface area contributed by atoms with E-state index in [1.165, 1.54) is 0 Å². The number of aromatic nitrogens is 2. The summed E-state index contributed by atoms with van der Waals surface area (Å²) < 4.78 is 7.29. The van der Waals surface area contributed by atoms with Gasteiger partial charge in [0.1, 0.15) is 5.75 Å². The predicted octanol–water partition coefficient (Wildman–Crippen LogP) is 4.95. The van der Waals surface area contributed by atoms with E-state index >= 15 is 0 Å². The summed E-state index contributed by atoms with van der Waals surface area (Å²) in [6, 6.07) is 19.7. The van der Waals surface area contributed by atoms with Gasteiger partial charge in [0, 0.05) is 24.6 Å². The van der Waals surface area contributed by atoms with Crippen LogP contribution in [0.5, 0.6) is 5.75 Å². The van der Waals surface area contributed by atoms with Crippen LogP contribution in [0.25, 0.3) is 16.9 Å². The first-order valence-electron chi connectivity index (χ1n) is 11.0. The van der Waals surface area contributed by atoms with Crippen molar-refractivity contribution in [3.8, 4) is 22.7 Å². The van der Waals surface area contributed by atoms with E-state index < -0.39 is 0 Å². The number of urea groups is 1. The molecule has 2 aromatic carbocycles. The van der Waals surface area contributed by atoms with Gasteiger partial charge in [0.25, 0.3) is 0 Å². The number of piperidine rings is 1. The number of likely N-dealkylation sites (tertiary alicyclic amines) is 1. The van der Waals surface area contributed by atoms with E-state index in [-0.39, 0.29) is 18.0 Å². The molecule has 168 valence electrons. The van der Waals surface area contributed by atoms with E-state index in [4.69, 9.17) is 9.84 Å². The molecule has 4 rings (SSSR count). The van der Waals surface area contributed by atoms with Crippen LogP contribution in [0.15, 0.2) is 60.7 Å². The number of carbonyl (C=O) groups excluding carboxylic acids is 1. The van der Waals surface area contributed by atoms with E-state index in [1.54, 1.807) is 25.9 Å². The Morgan fingerprint density at radius 3 is 2.34 bits per heavy atom. The largest absolute Gasteiger partial charge is 0.497 e. The Hall–Kier alpha value is -3.32. The third-order valence-electron chi connectivity index (χ3n) is 5.98. The van der Waals surface area contributed by atoms with Gasteiger partial charge in [0.05, 0.1) is 30.2 Å². The minimum Gasteiger partial charge on any atom is -0.497 e. The SMILES string of the molecule is COc1ccc(-c2cc(C3CCN(C(=O)N(O)C(C)C)CC3)nn2-c2ccccc2)cc1. The lowest BCUT2D eigenvalue weighted by Gasteiger charge is -2.34. The number of amides is 2. The molecule has 1 aliphatic rings. The fourth-order valence-corrected chi connectivity index (χ4v) is 4.06. The molecular formula is C25H30N4O3. The molecule has 0 spiro atoms. The molecule has 0 atom stereocenters. The molecular weight excluding hydrogens is 404 g/mol. The summed E-state index contributed by atoms with van der Waals surface area (Å²) >= 11 is 0. The third kappa shape index (κ3) is 4.48. The Balaban J connectivity index is 1.59. The van der Waals surface area contributed by atoms with E-state index in [0.717, 1.165) is 46.3 Å². The summed E-state index contributed by atoms with van der Waals surface area (Å²) in [5.74, 6) is 1.07. The number of hydrogen-bond donors (Lipinski definition) is 1. The van der Waals surface area contributed by atoms with Crippen LogP contribution < -0.4 is 4.74 Å². The highest BCUT2D eigenvalue weighted by Crippen LogP contribution is 2.33. The second kappa shape index (κ2) is 9.44. The molecule has 0 saturated carbocycles. The number of ether oxygens (including phenoxy) is 1. The molecule has 0 radical (unpaired) electrons. The lowest BCUT2D eigenvalue weighted by atomic mass is 9.93. The van der Waals surface area contributed by atoms with Gasteiger partial charge < -0.3 is 9.64 Å². The molecule has 7 nitrogen and oxygen atoms in total. The van der Waals surface area contributed by atoms with Crippen LogP contribution in [0.1, 0.15) is 38.3 Å². The molecule has 3 aromatic rings. The van der Waals surface area contributed by atoms with Crippen molar-refractivity contribution in [3.63, 3.8) is 0 Å². The Labute approximate surface area is 188 Å². The minimum atomic E-state index is -0.327. The number of para-hydroxylation sites is 1. The van der Waals surface area contributed by atoms with Gasteiger partial charge in [-0.25, -0.2) is 14.5 Å². The third-order valence-corrected chi connectivity index (χ3v) is 5.98. The standard InChI is InChI=1S/C25H30N4O3/c1-18(2)29(31)25(30)27-15-13-19(14-16-27)23-17-24(20-9-11-22(32-3)12-10-20)28(26-23)21-7-5-4-6-8-21/h4-12,17-19,31H,13-16H2,1-3H3. The Bertz CT molecular complexity index is 1040. The molecule has 7 heteroatoms. The van der Waals surface area contributed by atoms with Crippen molar-refractivity contribution in [2.45, 2.75) is 38.6 Å². The number of methoxy groups -OCH3 is 1. The number of rotatable bonds is 5. The molecule has 32 heavy (non-hydrogen) atoms. The van der Waals surface area contributed by atoms with E-state index in [2.05, 4.69) is 6.07 Å². The zero-order valence-corrected chi connectivity index (χ0v) is 18.8. The van der Waals surface area contributed by atoms with Gasteiger partial charge in [-0.2, -0.15) is 5.10 Å². The highest BCUT2D eigenvalue weighted by Gasteiger charge is 2.29. The van der Waals surface area contributed by atoms with Crippen LogP contribution in [0.3, 0.4) is 0 Å². The Morgan fingerprint density at radius 2 is 1.75 bits per heavy atom. The molecule has 1 fully saturated rings. The average molecular weight is 435 g/mol. The molecule has 0 aliphatic carbocycles. The summed E-state index contributed by atoms with van der Waals surface area (Å²) in [6.07, 6.45) is 1.62. The summed E-state index contributed by atoms with van der Waals surface area (Å²) in [5.41, 5.74) is 4.11. The van der Waals surface area contributed by atoms with Crippen LogP contribution in [-0.2, 0) is 0 Å². The number of carbonyl (C=O) groups is 1. The number of benzene rings is 2. The Morgan fingerprint density at radius 1 is 1.09 bits per heavy atom. The molecule has 1 saturated heterocycles. The van der Waals surface area contributed by atoms with Crippen LogP contribution in [0.2, 0.25) is 0 Å². The van der Waals surface area contributed by atoms with Crippen molar-refractivity contribution in [2.75, 3.05) is 20.2 Å². The fraction of sp³-hybridized carbons (Fsp3) is 0.360. The maximum absolute atomic E-state index is 12.4. The van der Waals surface area contributed by atoms with Crippen molar-refractivity contribution < 1.29 is 14.7 Å². The van der Waals surface area contributed by atoms with Crippen molar-refractivity contribution in [1.82, 2.24) is 19.7 Å². The topological polar surface area (TPSA) is 70.8 Å². The number of nitrogens with zero attached hydrogens (tertiary/aromatic N) is 4. The molecule has 1 N–H and O–H groups in total. The molecule has 0 bridgehead atoms. The van der Waals surface area contributed by atoms with Gasteiger partial charge in [-0.3, -0.25) is 5.21 Å². The molecule has 1 aliphatic heterocycles. The fourth-order valence-electron chi connectivity index (χ4n) is 4.06. The highest BCUT2D eigenvalue weighted by molar-refractivity contribution is 5.73. The summed E-state index contributed by atoms with van der Waals surface area (Å²) in [6.45, 7) is 4.79. The quantitative estimate of drug-likeness (QED) is 0.456. The molecule has 0 unspecified atom stereocenters. The van der Waals surface area contributed by atoms with Crippen molar-refractivity contribution in [1.29, 1.82) is 0 Å². The minimum absolute atomic E-state index is 0.242. The number of hydroxylamine groups is 2. The van der Waals surface area contributed by atoms with Crippen LogP contribution in [-0.4, -0.2) is 57.2 Å². The molecule has 2 heterocycles. The first-order chi connectivity index (χ1) is 15.5. The summed E-state index contributed by atoms with van der Waals surface area (Å²) in [5, 5.41) is 15.8. The first kappa shape index (κ1) is 21.9. The second-order valence-electron chi connectivity index (χ2n) is 8.41. The lowest BCUT2D eigenvalue weighted by molar-refractivity contribution is -0.0814. The van der Waals surface area contributed by atoms with Gasteiger partial charge in [-0.15, -0.1) is 0 Å². The van der Waals surface area contributed by atoms with Crippen LogP contribution in [0.4, 0.5) is 4.79 Å². The first-order valence-corrected chi connectivity index (χ1v) is 11.0. The van der Waals surface area contributed by atoms with Crippen LogP contribution >= 0.6 is 0 Å². The van der Waals surface area contributed by atoms with Gasteiger partial charge in [-0.1, -0.05) is 18.2 Å². The Kier molecular flexibility index (Phi) is 6.46. The maximum Gasteiger partial charge on any atom is 0.343 e. The van der Waals surface area contributed by atoms with Gasteiger partial charge in [0.15, 0.2) is 0 Å². The van der Waals surface area contributed by atoms with Gasteiger partial charge in [0.2, 0.25) is 0 Å². The predicted molar refractivity (Wildman–Crippen MR) is 123 cm³/mol. The average Bonchev–Trinajstić information content (AvgIpc) is 3.29. The van der Waals surface area contributed by atoms with Crippen molar-refractivity contribution >= 4 is 6.03 Å². The second-order valence-corrected chi connectivity index (χ2v) is 8.41. The lowest BCUT2D eigenvalue weighted by Crippen LogP contribution is -2.47. The van der Waals surface area contributed by atoms with Gasteiger partial charge >= 0.3 is 6.03 Å². The number of hydrogen-bond acceptors (Lipinski definition) is 4. The van der Waals surface area contributed by atoms with Gasteiger partial charge in [-0.05, 0) is 69.2 Å². The maximum atomic E-state index is 12.4. The zero-order chi connectivity index (χ0) is 22.7. The summed E-state index contributed by atoms with van der Waals surface area (Å²) in [4.78, 5) is 14.2. The van der Waals surface area contributed by atoms with Crippen LogP contribution in [0, 0.1) is 0 Å². The highest BCUT2D eigenvalue weighted by atomic mass is 16.5. The normalized spacial score (nSPS) is 14.6. The van der Waals surface area contributed by atoms with E-state index in [1.807, 2.05) is 59.3 Å². The van der Waals surface area contributed by atoms with Crippen molar-refractivity contribution in [2.24, 2.45) is 0 Å². The monoisotopic (exact) mass is 434 g/mol. The summed E-state index contributed by atoms with van der Waals surface area (Å²) in [7, 11) is 1.66. The van der Waals surface area contributed by atoms with E-state index in [9.17, 15) is 10.0 Å². The van der Waals surface area contributed by atoms with Crippen molar-refractivity contribution in [3.05, 3.63) is 66.4 Å².